The molecule has 0 spiro atoms. The number of likely N-dealkylation sites (tertiary alicyclic amines) is 1. The summed E-state index contributed by atoms with van der Waals surface area (Å²) >= 11 is 0. The lowest BCUT2D eigenvalue weighted by molar-refractivity contribution is -0.145. The van der Waals surface area contributed by atoms with Gasteiger partial charge in [0.2, 0.25) is 0 Å². The van der Waals surface area contributed by atoms with Crippen LogP contribution in [-0.4, -0.2) is 38.5 Å². The number of hydrogen-bond donors (Lipinski definition) is 1. The van der Waals surface area contributed by atoms with Gasteiger partial charge in [-0.15, -0.1) is 0 Å². The number of benzene rings is 1. The molecule has 4 rings (SSSR count). The van der Waals surface area contributed by atoms with E-state index in [2.05, 4.69) is 20.9 Å². The van der Waals surface area contributed by atoms with Gasteiger partial charge in [-0.25, -0.2) is 0 Å². The number of rotatable bonds is 4. The summed E-state index contributed by atoms with van der Waals surface area (Å²) in [5, 5.41) is 10.9. The summed E-state index contributed by atoms with van der Waals surface area (Å²) in [7, 11) is 0. The molecule has 0 aliphatic carbocycles. The van der Waals surface area contributed by atoms with Crippen LogP contribution < -0.4 is 0 Å². The maximum atomic E-state index is 12.0. The number of aryl methyl sites for hydroxylation is 1. The number of aromatic nitrogens is 2. The van der Waals surface area contributed by atoms with E-state index in [1.54, 1.807) is 6.20 Å². The molecule has 1 aromatic carbocycles. The first-order chi connectivity index (χ1) is 13.1. The second-order valence-corrected chi connectivity index (χ2v) is 7.18. The minimum Gasteiger partial charge on any atom is -0.480 e. The maximum Gasteiger partial charge on any atom is 0.320 e. The molecule has 3 aromatic rings. The summed E-state index contributed by atoms with van der Waals surface area (Å²) < 4.78 is 0. The fraction of sp³-hybridized carbons (Fsp3) is 0.318. The molecule has 3 heterocycles. The van der Waals surface area contributed by atoms with Gasteiger partial charge in [-0.3, -0.25) is 19.7 Å². The van der Waals surface area contributed by atoms with E-state index in [0.29, 0.717) is 6.42 Å². The van der Waals surface area contributed by atoms with E-state index in [-0.39, 0.29) is 6.04 Å². The van der Waals surface area contributed by atoms with E-state index in [0.717, 1.165) is 47.0 Å². The first kappa shape index (κ1) is 17.6. The minimum absolute atomic E-state index is 0.147. The second kappa shape index (κ2) is 7.45. The summed E-state index contributed by atoms with van der Waals surface area (Å²) in [5.74, 6) is -0.750. The van der Waals surface area contributed by atoms with E-state index in [1.165, 1.54) is 0 Å². The van der Waals surface area contributed by atoms with Crippen LogP contribution in [0.4, 0.5) is 0 Å². The van der Waals surface area contributed by atoms with Crippen molar-refractivity contribution in [3.05, 3.63) is 71.7 Å². The van der Waals surface area contributed by atoms with Gasteiger partial charge >= 0.3 is 5.97 Å². The molecule has 2 aromatic heterocycles. The minimum atomic E-state index is -0.750. The molecule has 1 aliphatic heterocycles. The van der Waals surface area contributed by atoms with Gasteiger partial charge in [-0.2, -0.15) is 0 Å². The fourth-order valence-electron chi connectivity index (χ4n) is 4.11. The van der Waals surface area contributed by atoms with Gasteiger partial charge in [0.25, 0.3) is 0 Å². The molecule has 0 bridgehead atoms. The Balaban J connectivity index is 1.87. The smallest absolute Gasteiger partial charge is 0.320 e. The zero-order valence-corrected chi connectivity index (χ0v) is 15.4. The highest BCUT2D eigenvalue weighted by atomic mass is 16.4. The number of piperidine rings is 1. The Kier molecular flexibility index (Phi) is 4.86. The Morgan fingerprint density at radius 1 is 1.22 bits per heavy atom. The lowest BCUT2D eigenvalue weighted by atomic mass is 9.90. The molecule has 0 amide bonds. The van der Waals surface area contributed by atoms with Crippen LogP contribution in [0.5, 0.6) is 0 Å². The maximum absolute atomic E-state index is 12.0. The summed E-state index contributed by atoms with van der Waals surface area (Å²) in [4.78, 5) is 22.9. The molecule has 1 saturated heterocycles. The zero-order chi connectivity index (χ0) is 18.8. The van der Waals surface area contributed by atoms with Crippen molar-refractivity contribution in [1.82, 2.24) is 14.9 Å². The average Bonchev–Trinajstić information content (AvgIpc) is 2.70. The van der Waals surface area contributed by atoms with E-state index in [9.17, 15) is 9.90 Å². The number of nitrogens with zero attached hydrogens (tertiary/aromatic N) is 3. The zero-order valence-electron chi connectivity index (χ0n) is 15.4. The fourth-order valence-corrected chi connectivity index (χ4v) is 4.11. The first-order valence-electron chi connectivity index (χ1n) is 9.39. The Hall–Kier alpha value is -2.79. The van der Waals surface area contributed by atoms with Crippen LogP contribution in [0.25, 0.3) is 10.9 Å². The lowest BCUT2D eigenvalue weighted by Crippen LogP contribution is -2.47. The van der Waals surface area contributed by atoms with Gasteiger partial charge in [-0.1, -0.05) is 24.6 Å². The summed E-state index contributed by atoms with van der Waals surface area (Å²) in [6, 6.07) is 11.5. The van der Waals surface area contributed by atoms with Crippen molar-refractivity contribution in [3.8, 4) is 0 Å². The first-order valence-corrected chi connectivity index (χ1v) is 9.39. The topological polar surface area (TPSA) is 66.3 Å². The third-order valence-corrected chi connectivity index (χ3v) is 5.45. The number of carbonyl (C=O) groups is 1. The Labute approximate surface area is 158 Å². The molecule has 1 N–H and O–H groups in total. The molecule has 27 heavy (non-hydrogen) atoms. The van der Waals surface area contributed by atoms with Gasteiger partial charge in [0.05, 0.1) is 11.6 Å². The molecule has 2 unspecified atom stereocenters. The Morgan fingerprint density at radius 2 is 2.07 bits per heavy atom. The number of fused-ring (bicyclic) bond motifs is 1. The normalized spacial score (nSPS) is 19.1. The monoisotopic (exact) mass is 361 g/mol. The van der Waals surface area contributed by atoms with Crippen LogP contribution in [0.3, 0.4) is 0 Å². The SMILES string of the molecule is Cc1cnccc1C(c1cnc2ccccc2c1)N1CCCCC1C(=O)O. The van der Waals surface area contributed by atoms with Gasteiger partial charge in [0, 0.05) is 24.0 Å². The number of para-hydroxylation sites is 1. The van der Waals surface area contributed by atoms with Crippen LogP contribution in [0.1, 0.15) is 42.0 Å². The van der Waals surface area contributed by atoms with Crippen molar-refractivity contribution in [2.45, 2.75) is 38.3 Å². The largest absolute Gasteiger partial charge is 0.480 e. The standard InChI is InChI=1S/C22H23N3O2/c1-15-13-23-10-9-18(15)21(25-11-5-4-8-20(25)22(26)27)17-12-16-6-2-3-7-19(16)24-14-17/h2-3,6-7,9-10,12-14,20-21H,4-5,8,11H2,1H3,(H,26,27). The molecule has 1 aliphatic rings. The van der Waals surface area contributed by atoms with Crippen LogP contribution >= 0.6 is 0 Å². The summed E-state index contributed by atoms with van der Waals surface area (Å²) in [6.07, 6.45) is 8.15. The third kappa shape index (κ3) is 3.43. The van der Waals surface area contributed by atoms with Gasteiger partial charge in [0.15, 0.2) is 0 Å². The lowest BCUT2D eigenvalue weighted by Gasteiger charge is -2.40. The molecule has 5 nitrogen and oxygen atoms in total. The van der Waals surface area contributed by atoms with Crippen molar-refractivity contribution in [3.63, 3.8) is 0 Å². The quantitative estimate of drug-likeness (QED) is 0.762. The van der Waals surface area contributed by atoms with E-state index in [1.807, 2.05) is 49.6 Å². The van der Waals surface area contributed by atoms with Crippen molar-refractivity contribution in [2.24, 2.45) is 0 Å². The Morgan fingerprint density at radius 3 is 2.89 bits per heavy atom. The molecule has 2 atom stereocenters. The predicted octanol–water partition coefficient (Wildman–Crippen LogP) is 3.97. The molecule has 0 saturated carbocycles. The van der Waals surface area contributed by atoms with Crippen LogP contribution in [0.15, 0.2) is 55.0 Å². The van der Waals surface area contributed by atoms with Gasteiger partial charge in [-0.05, 0) is 61.2 Å². The molecule has 5 heteroatoms. The number of aliphatic carboxylic acids is 1. The van der Waals surface area contributed by atoms with E-state index < -0.39 is 12.0 Å². The summed E-state index contributed by atoms with van der Waals surface area (Å²) in [5.41, 5.74) is 4.12. The second-order valence-electron chi connectivity index (χ2n) is 7.18. The number of hydrogen-bond acceptors (Lipinski definition) is 4. The number of carboxylic acid groups (broad SMARTS) is 1. The van der Waals surface area contributed by atoms with E-state index >= 15 is 0 Å². The van der Waals surface area contributed by atoms with E-state index in [4.69, 9.17) is 0 Å². The molecule has 1 fully saturated rings. The molecular formula is C22H23N3O2. The van der Waals surface area contributed by atoms with Crippen molar-refractivity contribution < 1.29 is 9.90 Å². The van der Waals surface area contributed by atoms with Gasteiger partial charge in [0.1, 0.15) is 6.04 Å². The van der Waals surface area contributed by atoms with Crippen LogP contribution in [0.2, 0.25) is 0 Å². The highest BCUT2D eigenvalue weighted by molar-refractivity contribution is 5.79. The van der Waals surface area contributed by atoms with Crippen LogP contribution in [0, 0.1) is 6.92 Å². The highest BCUT2D eigenvalue weighted by Crippen LogP contribution is 2.36. The van der Waals surface area contributed by atoms with Crippen molar-refractivity contribution in [1.29, 1.82) is 0 Å². The predicted molar refractivity (Wildman–Crippen MR) is 105 cm³/mol. The van der Waals surface area contributed by atoms with Crippen LogP contribution in [-0.2, 0) is 4.79 Å². The molecule has 0 radical (unpaired) electrons. The summed E-state index contributed by atoms with van der Waals surface area (Å²) in [6.45, 7) is 2.79. The number of carboxylic acids is 1. The third-order valence-electron chi connectivity index (χ3n) is 5.45. The van der Waals surface area contributed by atoms with Crippen molar-refractivity contribution >= 4 is 16.9 Å². The molecular weight excluding hydrogens is 338 g/mol. The molecule has 138 valence electrons. The van der Waals surface area contributed by atoms with Gasteiger partial charge < -0.3 is 5.11 Å². The highest BCUT2D eigenvalue weighted by Gasteiger charge is 2.35. The average molecular weight is 361 g/mol. The number of pyridine rings is 2. The Bertz CT molecular complexity index is 972. The van der Waals surface area contributed by atoms with Crippen molar-refractivity contribution in [2.75, 3.05) is 6.54 Å².